The Balaban J connectivity index is 1.22. The van der Waals surface area contributed by atoms with E-state index in [1.165, 1.54) is 36.0 Å². The van der Waals surface area contributed by atoms with Crippen molar-refractivity contribution in [3.8, 4) is 5.75 Å². The minimum atomic E-state index is -0.235. The fraction of sp³-hybridized carbons (Fsp3) is 0.448. The lowest BCUT2D eigenvalue weighted by molar-refractivity contribution is -0.149. The maximum Gasteiger partial charge on any atom is 0.226 e. The Morgan fingerprint density at radius 3 is 2.44 bits per heavy atom. The molecule has 4 fully saturated rings. The van der Waals surface area contributed by atoms with Gasteiger partial charge in [-0.3, -0.25) is 9.48 Å². The number of carbonyl (C=O) groups is 1. The second kappa shape index (κ2) is 8.30. The Bertz CT molecular complexity index is 1150. The Morgan fingerprint density at radius 2 is 1.76 bits per heavy atom. The molecule has 0 spiro atoms. The molecule has 0 unspecified atom stereocenters. The fourth-order valence-corrected chi connectivity index (χ4v) is 7.63. The molecule has 5 heteroatoms. The molecule has 1 amide bonds. The van der Waals surface area contributed by atoms with Crippen LogP contribution in [0, 0.1) is 17.3 Å². The van der Waals surface area contributed by atoms with Gasteiger partial charge in [0, 0.05) is 18.9 Å². The van der Waals surface area contributed by atoms with Crippen LogP contribution in [0.2, 0.25) is 0 Å². The largest absolute Gasteiger partial charge is 0.497 e. The lowest BCUT2D eigenvalue weighted by Crippen LogP contribution is -2.59. The zero-order valence-corrected chi connectivity index (χ0v) is 19.9. The van der Waals surface area contributed by atoms with Gasteiger partial charge in [-0.05, 0) is 90.7 Å². The molecule has 2 atom stereocenters. The Morgan fingerprint density at radius 1 is 1.03 bits per heavy atom. The third-order valence-electron chi connectivity index (χ3n) is 8.69. The van der Waals surface area contributed by atoms with Crippen LogP contribution in [-0.4, -0.2) is 22.8 Å². The van der Waals surface area contributed by atoms with Gasteiger partial charge >= 0.3 is 0 Å². The summed E-state index contributed by atoms with van der Waals surface area (Å²) in [5.41, 5.74) is 3.66. The Kier molecular flexibility index (Phi) is 5.23. The van der Waals surface area contributed by atoms with Crippen molar-refractivity contribution in [3.05, 3.63) is 83.7 Å². The summed E-state index contributed by atoms with van der Waals surface area (Å²) in [6, 6.07) is 18.9. The number of carbonyl (C=O) groups excluding carboxylic acids is 1. The first kappa shape index (κ1) is 21.5. The number of hydrogen-bond donors (Lipinski definition) is 1. The molecule has 4 aliphatic rings. The molecule has 4 bridgehead atoms. The average Bonchev–Trinajstić information content (AvgIpc) is 3.36. The molecule has 34 heavy (non-hydrogen) atoms. The van der Waals surface area contributed by atoms with E-state index in [9.17, 15) is 4.79 Å². The van der Waals surface area contributed by atoms with Gasteiger partial charge in [0.05, 0.1) is 19.1 Å². The van der Waals surface area contributed by atoms with E-state index in [0.29, 0.717) is 18.4 Å². The van der Waals surface area contributed by atoms with Gasteiger partial charge in [0.25, 0.3) is 0 Å². The molecule has 5 nitrogen and oxygen atoms in total. The number of nitrogens with zero attached hydrogens (tertiary/aromatic N) is 2. The molecule has 0 aliphatic heterocycles. The van der Waals surface area contributed by atoms with Crippen LogP contribution in [-0.2, 0) is 23.3 Å². The smallest absolute Gasteiger partial charge is 0.226 e. The van der Waals surface area contributed by atoms with E-state index in [4.69, 9.17) is 4.74 Å². The number of methoxy groups -OCH3 is 1. The molecule has 176 valence electrons. The van der Waals surface area contributed by atoms with Crippen molar-refractivity contribution in [2.24, 2.45) is 17.3 Å². The first-order valence-corrected chi connectivity index (χ1v) is 12.5. The minimum Gasteiger partial charge on any atom is -0.497 e. The summed E-state index contributed by atoms with van der Waals surface area (Å²) < 4.78 is 7.32. The zero-order chi connectivity index (χ0) is 23.2. The van der Waals surface area contributed by atoms with Gasteiger partial charge in [-0.15, -0.1) is 0 Å². The summed E-state index contributed by atoms with van der Waals surface area (Å²) in [5.74, 6) is 2.46. The maximum absolute atomic E-state index is 13.8. The molecular formula is C29H33N3O2. The zero-order valence-electron chi connectivity index (χ0n) is 19.9. The fourth-order valence-electron chi connectivity index (χ4n) is 7.63. The van der Waals surface area contributed by atoms with Gasteiger partial charge < -0.3 is 10.1 Å². The minimum absolute atomic E-state index is 0.131. The maximum atomic E-state index is 13.8. The number of ether oxygens (including phenoxy) is 1. The van der Waals surface area contributed by atoms with Gasteiger partial charge in [0.15, 0.2) is 0 Å². The number of aromatic nitrogens is 2. The summed E-state index contributed by atoms with van der Waals surface area (Å²) in [7, 11) is 1.71. The number of rotatable bonds is 7. The van der Waals surface area contributed by atoms with Crippen molar-refractivity contribution in [2.75, 3.05) is 7.11 Å². The van der Waals surface area contributed by atoms with Crippen LogP contribution in [0.15, 0.2) is 67.0 Å². The highest BCUT2D eigenvalue weighted by Gasteiger charge is 2.60. The molecule has 0 radical (unpaired) electrons. The Hall–Kier alpha value is -3.08. The van der Waals surface area contributed by atoms with Gasteiger partial charge in [0.1, 0.15) is 5.75 Å². The highest BCUT2D eigenvalue weighted by atomic mass is 16.5. The van der Waals surface area contributed by atoms with Crippen LogP contribution in [0.25, 0.3) is 0 Å². The van der Waals surface area contributed by atoms with Crippen molar-refractivity contribution in [1.29, 1.82) is 0 Å². The monoisotopic (exact) mass is 455 g/mol. The number of hydrogen-bond acceptors (Lipinski definition) is 3. The predicted molar refractivity (Wildman–Crippen MR) is 131 cm³/mol. The highest BCUT2D eigenvalue weighted by molar-refractivity contribution is 5.83. The van der Waals surface area contributed by atoms with Crippen LogP contribution in [0.1, 0.15) is 55.2 Å². The average molecular weight is 456 g/mol. The molecule has 7 rings (SSSR count). The third kappa shape index (κ3) is 3.71. The number of nitrogens with one attached hydrogen (secondary N) is 1. The number of benzene rings is 2. The molecule has 2 aromatic carbocycles. The summed E-state index contributed by atoms with van der Waals surface area (Å²) in [4.78, 5) is 13.8. The van der Waals surface area contributed by atoms with Gasteiger partial charge in [-0.2, -0.15) is 5.10 Å². The second-order valence-corrected chi connectivity index (χ2v) is 10.9. The summed E-state index contributed by atoms with van der Waals surface area (Å²) in [6.07, 6.45) is 10.6. The van der Waals surface area contributed by atoms with Gasteiger partial charge in [-0.25, -0.2) is 0 Å². The normalized spacial score (nSPS) is 29.2. The first-order valence-electron chi connectivity index (χ1n) is 12.5. The molecule has 0 saturated heterocycles. The van der Waals surface area contributed by atoms with E-state index in [-0.39, 0.29) is 16.7 Å². The lowest BCUT2D eigenvalue weighted by Gasteiger charge is -2.61. The lowest BCUT2D eigenvalue weighted by atomic mass is 9.42. The molecule has 1 heterocycles. The quantitative estimate of drug-likeness (QED) is 0.540. The van der Waals surface area contributed by atoms with Gasteiger partial charge in [-0.1, -0.05) is 36.4 Å². The highest BCUT2D eigenvalue weighted by Crippen LogP contribution is 2.65. The van der Waals surface area contributed by atoms with E-state index in [1.54, 1.807) is 13.3 Å². The van der Waals surface area contributed by atoms with Crippen molar-refractivity contribution in [2.45, 2.75) is 57.0 Å². The van der Waals surface area contributed by atoms with Crippen LogP contribution in [0.4, 0.5) is 0 Å². The first-order chi connectivity index (χ1) is 16.6. The van der Waals surface area contributed by atoms with Crippen molar-refractivity contribution >= 4 is 5.91 Å². The van der Waals surface area contributed by atoms with Crippen molar-refractivity contribution in [3.63, 3.8) is 0 Å². The van der Waals surface area contributed by atoms with Crippen molar-refractivity contribution in [1.82, 2.24) is 15.1 Å². The van der Waals surface area contributed by atoms with Crippen LogP contribution in [0.3, 0.4) is 0 Å². The SMILES string of the molecule is COc1ccc(C23C[C@H]4C[C@@H](CC(C(=O)NCc5ccccc5Cn5cccn5)(C4)C2)C3)cc1. The molecule has 4 aliphatic carbocycles. The van der Waals surface area contributed by atoms with Crippen molar-refractivity contribution < 1.29 is 9.53 Å². The topological polar surface area (TPSA) is 56.1 Å². The van der Waals surface area contributed by atoms with Crippen LogP contribution in [0.5, 0.6) is 5.75 Å². The van der Waals surface area contributed by atoms with Crippen LogP contribution >= 0.6 is 0 Å². The van der Waals surface area contributed by atoms with Crippen LogP contribution < -0.4 is 10.1 Å². The van der Waals surface area contributed by atoms with E-state index in [0.717, 1.165) is 31.6 Å². The predicted octanol–water partition coefficient (Wildman–Crippen LogP) is 5.09. The third-order valence-corrected chi connectivity index (χ3v) is 8.69. The number of amides is 1. The van der Waals surface area contributed by atoms with E-state index in [1.807, 2.05) is 16.9 Å². The summed E-state index contributed by atoms with van der Waals surface area (Å²) in [6.45, 7) is 1.29. The second-order valence-electron chi connectivity index (χ2n) is 10.9. The van der Waals surface area contributed by atoms with Gasteiger partial charge in [0.2, 0.25) is 5.91 Å². The van der Waals surface area contributed by atoms with E-state index in [2.05, 4.69) is 58.9 Å². The molecular weight excluding hydrogens is 422 g/mol. The summed E-state index contributed by atoms with van der Waals surface area (Å²) >= 11 is 0. The molecule has 4 saturated carbocycles. The molecule has 1 aromatic heterocycles. The molecule has 1 N–H and O–H groups in total. The van der Waals surface area contributed by atoms with E-state index >= 15 is 0 Å². The summed E-state index contributed by atoms with van der Waals surface area (Å²) in [5, 5.41) is 7.72. The molecule has 3 aromatic rings. The van der Waals surface area contributed by atoms with E-state index < -0.39 is 0 Å². The standard InChI is InChI=1S/C29H33N3O2/c1-34-26-9-7-25(8-10-26)28-14-21-13-22(15-28)17-29(16-21,20-28)27(33)30-18-23-5-2-3-6-24(23)19-32-12-4-11-31-32/h2-12,21-22H,13-20H2,1H3,(H,30,33)/t21-,22-,28?,29?/m1/s1. The Labute approximate surface area is 201 Å².